The lowest BCUT2D eigenvalue weighted by atomic mass is 10.0. The minimum atomic E-state index is -4.27. The first-order valence-electron chi connectivity index (χ1n) is 8.01. The molecular formula is C17H27F3N2. The Bertz CT molecular complexity index is 450. The molecule has 22 heavy (non-hydrogen) atoms. The van der Waals surface area contributed by atoms with E-state index in [9.17, 15) is 13.2 Å². The van der Waals surface area contributed by atoms with Gasteiger partial charge in [0.15, 0.2) is 0 Å². The maximum atomic E-state index is 13.1. The lowest BCUT2D eigenvalue weighted by molar-refractivity contribution is -0.138. The fourth-order valence-electron chi connectivity index (χ4n) is 2.60. The van der Waals surface area contributed by atoms with Crippen molar-refractivity contribution in [2.45, 2.75) is 40.4 Å². The molecule has 1 saturated heterocycles. The lowest BCUT2D eigenvalue weighted by Crippen LogP contribution is -2.45. The lowest BCUT2D eigenvalue weighted by Gasteiger charge is -2.34. The molecule has 2 nitrogen and oxygen atoms in total. The third kappa shape index (κ3) is 5.29. The summed E-state index contributed by atoms with van der Waals surface area (Å²) < 4.78 is 39.2. The maximum Gasteiger partial charge on any atom is 0.416 e. The summed E-state index contributed by atoms with van der Waals surface area (Å²) in [5, 5.41) is 0. The molecule has 0 saturated carbocycles. The van der Waals surface area contributed by atoms with Gasteiger partial charge >= 0.3 is 6.18 Å². The van der Waals surface area contributed by atoms with E-state index >= 15 is 0 Å². The highest BCUT2D eigenvalue weighted by molar-refractivity contribution is 5.33. The number of likely N-dealkylation sites (N-methyl/N-ethyl adjacent to an activating group) is 1. The van der Waals surface area contributed by atoms with Crippen molar-refractivity contribution in [1.29, 1.82) is 0 Å². The Labute approximate surface area is 131 Å². The number of rotatable bonds is 3. The Kier molecular flexibility index (Phi) is 7.36. The van der Waals surface area contributed by atoms with Crippen LogP contribution in [0.1, 0.15) is 37.5 Å². The smallest absolute Gasteiger partial charge is 0.301 e. The zero-order valence-electron chi connectivity index (χ0n) is 14.0. The van der Waals surface area contributed by atoms with E-state index in [0.717, 1.165) is 32.7 Å². The molecule has 0 spiro atoms. The van der Waals surface area contributed by atoms with Crippen LogP contribution in [-0.4, -0.2) is 42.5 Å². The summed E-state index contributed by atoms with van der Waals surface area (Å²) in [6.45, 7) is 12.7. The van der Waals surface area contributed by atoms with E-state index in [0.29, 0.717) is 17.7 Å². The van der Waals surface area contributed by atoms with Gasteiger partial charge < -0.3 is 4.90 Å². The fraction of sp³-hybridized carbons (Fsp3) is 0.647. The van der Waals surface area contributed by atoms with Crippen molar-refractivity contribution < 1.29 is 13.2 Å². The van der Waals surface area contributed by atoms with Crippen molar-refractivity contribution in [3.63, 3.8) is 0 Å². The fourth-order valence-corrected chi connectivity index (χ4v) is 2.60. The van der Waals surface area contributed by atoms with Crippen molar-refractivity contribution in [1.82, 2.24) is 9.80 Å². The third-order valence-electron chi connectivity index (χ3n) is 3.88. The Morgan fingerprint density at radius 3 is 2.05 bits per heavy atom. The van der Waals surface area contributed by atoms with Crippen LogP contribution >= 0.6 is 0 Å². The van der Waals surface area contributed by atoms with Crippen molar-refractivity contribution >= 4 is 0 Å². The molecule has 126 valence electrons. The zero-order chi connectivity index (χ0) is 16.8. The molecule has 1 aromatic carbocycles. The molecular weight excluding hydrogens is 289 g/mol. The molecule has 0 unspecified atom stereocenters. The van der Waals surface area contributed by atoms with Crippen LogP contribution in [0.3, 0.4) is 0 Å². The van der Waals surface area contributed by atoms with Gasteiger partial charge in [0.25, 0.3) is 0 Å². The van der Waals surface area contributed by atoms with Gasteiger partial charge in [-0.25, -0.2) is 0 Å². The maximum absolute atomic E-state index is 13.1. The molecule has 0 atom stereocenters. The van der Waals surface area contributed by atoms with Crippen LogP contribution in [-0.2, 0) is 12.7 Å². The summed E-state index contributed by atoms with van der Waals surface area (Å²) in [5.74, 6) is 0. The summed E-state index contributed by atoms with van der Waals surface area (Å²) in [5.41, 5.74) is 0.542. The number of hydrogen-bond donors (Lipinski definition) is 0. The quantitative estimate of drug-likeness (QED) is 0.825. The van der Waals surface area contributed by atoms with E-state index < -0.39 is 11.7 Å². The van der Waals surface area contributed by atoms with Crippen LogP contribution in [0, 0.1) is 6.92 Å². The standard InChI is InChI=1S/C15H21F3N2.C2H6/c1-3-19-6-8-20(9-7-19)11-13-5-4-12(2)10-14(13)15(16,17)18;1-2/h4-5,10H,3,6-9,11H2,1-2H3;1-2H3. The number of alkyl halides is 3. The second kappa shape index (κ2) is 8.53. The van der Waals surface area contributed by atoms with Gasteiger partial charge in [-0.3, -0.25) is 4.90 Å². The SMILES string of the molecule is CC.CCN1CCN(Cc2ccc(C)cc2C(F)(F)F)CC1. The van der Waals surface area contributed by atoms with Crippen molar-refractivity contribution in [2.24, 2.45) is 0 Å². The molecule has 0 amide bonds. The summed E-state index contributed by atoms with van der Waals surface area (Å²) in [6.07, 6.45) is -4.27. The highest BCUT2D eigenvalue weighted by atomic mass is 19.4. The van der Waals surface area contributed by atoms with Crippen molar-refractivity contribution in [3.8, 4) is 0 Å². The van der Waals surface area contributed by atoms with Crippen LogP contribution in [0.25, 0.3) is 0 Å². The molecule has 0 aliphatic carbocycles. The Balaban J connectivity index is 0.00000116. The van der Waals surface area contributed by atoms with E-state index in [1.54, 1.807) is 19.1 Å². The third-order valence-corrected chi connectivity index (χ3v) is 3.88. The topological polar surface area (TPSA) is 6.48 Å². The van der Waals surface area contributed by atoms with E-state index in [2.05, 4.69) is 16.7 Å². The van der Waals surface area contributed by atoms with Crippen molar-refractivity contribution in [3.05, 3.63) is 34.9 Å². The zero-order valence-corrected chi connectivity index (χ0v) is 14.0. The highest BCUT2D eigenvalue weighted by Crippen LogP contribution is 2.33. The van der Waals surface area contributed by atoms with Gasteiger partial charge in [-0.05, 0) is 25.1 Å². The van der Waals surface area contributed by atoms with Crippen LogP contribution in [0.5, 0.6) is 0 Å². The summed E-state index contributed by atoms with van der Waals surface area (Å²) in [7, 11) is 0. The van der Waals surface area contributed by atoms with Crippen LogP contribution in [0.4, 0.5) is 13.2 Å². The average Bonchev–Trinajstić information content (AvgIpc) is 2.51. The number of halogens is 3. The second-order valence-electron chi connectivity index (χ2n) is 5.37. The Morgan fingerprint density at radius 2 is 1.55 bits per heavy atom. The van der Waals surface area contributed by atoms with E-state index in [1.807, 2.05) is 13.8 Å². The molecule has 0 aromatic heterocycles. The summed E-state index contributed by atoms with van der Waals surface area (Å²) in [4.78, 5) is 4.42. The molecule has 5 heteroatoms. The molecule has 0 radical (unpaired) electrons. The number of piperazine rings is 1. The molecule has 1 aliphatic heterocycles. The van der Waals surface area contributed by atoms with Gasteiger partial charge in [0.1, 0.15) is 0 Å². The van der Waals surface area contributed by atoms with Crippen LogP contribution < -0.4 is 0 Å². The van der Waals surface area contributed by atoms with Gasteiger partial charge in [0, 0.05) is 32.7 Å². The van der Waals surface area contributed by atoms with E-state index in [4.69, 9.17) is 0 Å². The Morgan fingerprint density at radius 1 is 1.00 bits per heavy atom. The van der Waals surface area contributed by atoms with Crippen LogP contribution in [0.2, 0.25) is 0 Å². The van der Waals surface area contributed by atoms with Gasteiger partial charge in [-0.1, -0.05) is 38.5 Å². The number of nitrogens with zero attached hydrogens (tertiary/aromatic N) is 2. The summed E-state index contributed by atoms with van der Waals surface area (Å²) in [6, 6.07) is 4.62. The molecule has 1 heterocycles. The van der Waals surface area contributed by atoms with Gasteiger partial charge in [0.2, 0.25) is 0 Å². The first-order chi connectivity index (χ1) is 10.4. The summed E-state index contributed by atoms with van der Waals surface area (Å²) >= 11 is 0. The molecule has 1 fully saturated rings. The van der Waals surface area contributed by atoms with E-state index in [-0.39, 0.29) is 0 Å². The first-order valence-corrected chi connectivity index (χ1v) is 8.01. The largest absolute Gasteiger partial charge is 0.416 e. The molecule has 0 N–H and O–H groups in total. The highest BCUT2D eigenvalue weighted by Gasteiger charge is 2.33. The molecule has 0 bridgehead atoms. The predicted octanol–water partition coefficient (Wildman–Crippen LogP) is 4.18. The van der Waals surface area contributed by atoms with Crippen LogP contribution in [0.15, 0.2) is 18.2 Å². The van der Waals surface area contributed by atoms with E-state index in [1.165, 1.54) is 6.07 Å². The monoisotopic (exact) mass is 316 g/mol. The van der Waals surface area contributed by atoms with Crippen molar-refractivity contribution in [2.75, 3.05) is 32.7 Å². The minimum absolute atomic E-state index is 0.382. The average molecular weight is 316 g/mol. The minimum Gasteiger partial charge on any atom is -0.301 e. The normalized spacial score (nSPS) is 17.0. The van der Waals surface area contributed by atoms with Gasteiger partial charge in [-0.15, -0.1) is 0 Å². The number of benzene rings is 1. The second-order valence-corrected chi connectivity index (χ2v) is 5.37. The Hall–Kier alpha value is -1.07. The first kappa shape index (κ1) is 19.0. The van der Waals surface area contributed by atoms with Gasteiger partial charge in [0.05, 0.1) is 5.56 Å². The molecule has 1 aliphatic rings. The molecule has 2 rings (SSSR count). The number of aryl methyl sites for hydroxylation is 1. The molecule has 1 aromatic rings. The predicted molar refractivity (Wildman–Crippen MR) is 84.9 cm³/mol. The van der Waals surface area contributed by atoms with Gasteiger partial charge in [-0.2, -0.15) is 13.2 Å². The number of hydrogen-bond acceptors (Lipinski definition) is 2.